The number of nitrogens with one attached hydrogen (secondary N) is 1. The molecule has 5 nitrogen and oxygen atoms in total. The van der Waals surface area contributed by atoms with E-state index >= 15 is 0 Å². The van der Waals surface area contributed by atoms with Gasteiger partial charge >= 0.3 is 0 Å². The maximum Gasteiger partial charge on any atom is 0.241 e. The van der Waals surface area contributed by atoms with Crippen molar-refractivity contribution < 1.29 is 9.90 Å². The molecule has 0 aliphatic carbocycles. The van der Waals surface area contributed by atoms with Crippen molar-refractivity contribution in [1.29, 1.82) is 0 Å². The second-order valence-corrected chi connectivity index (χ2v) is 5.91. The van der Waals surface area contributed by atoms with Gasteiger partial charge < -0.3 is 16.2 Å². The summed E-state index contributed by atoms with van der Waals surface area (Å²) >= 11 is 5.82. The summed E-state index contributed by atoms with van der Waals surface area (Å²) in [6, 6.07) is 4.51. The number of carbonyl (C=O) groups is 1. The van der Waals surface area contributed by atoms with Crippen molar-refractivity contribution in [3.8, 4) is 0 Å². The van der Waals surface area contributed by atoms with Crippen molar-refractivity contribution in [3.63, 3.8) is 0 Å². The van der Waals surface area contributed by atoms with E-state index in [1.54, 1.807) is 32.2 Å². The number of hydrogen-bond acceptors (Lipinski definition) is 4. The molecule has 0 aliphatic rings. The summed E-state index contributed by atoms with van der Waals surface area (Å²) in [6.45, 7) is 5.48. The molecule has 6 heteroatoms. The smallest absolute Gasteiger partial charge is 0.241 e. The third-order valence-electron chi connectivity index (χ3n) is 3.57. The molecule has 1 rings (SSSR count). The summed E-state index contributed by atoms with van der Waals surface area (Å²) in [5.74, 6) is -0.192. The Hall–Kier alpha value is -1.30. The van der Waals surface area contributed by atoms with Crippen molar-refractivity contribution >= 4 is 28.9 Å². The first-order valence-corrected chi connectivity index (χ1v) is 6.76. The van der Waals surface area contributed by atoms with Gasteiger partial charge in [0, 0.05) is 10.6 Å². The average Bonchev–Trinajstić information content (AvgIpc) is 2.40. The van der Waals surface area contributed by atoms with Crippen LogP contribution < -0.4 is 11.1 Å². The highest BCUT2D eigenvalue weighted by Crippen LogP contribution is 2.23. The Bertz CT molecular complexity index is 491. The second kappa shape index (κ2) is 6.43. The van der Waals surface area contributed by atoms with Gasteiger partial charge in [-0.2, -0.15) is 0 Å². The summed E-state index contributed by atoms with van der Waals surface area (Å²) in [6.07, 6.45) is 0. The van der Waals surface area contributed by atoms with Gasteiger partial charge in [0.2, 0.25) is 5.91 Å². The average molecular weight is 300 g/mol. The molecular formula is C14H22ClN3O2. The van der Waals surface area contributed by atoms with E-state index in [0.717, 1.165) is 0 Å². The Morgan fingerprint density at radius 1 is 1.55 bits per heavy atom. The lowest BCUT2D eigenvalue weighted by molar-refractivity contribution is -0.122. The van der Waals surface area contributed by atoms with Crippen LogP contribution in [0.4, 0.5) is 11.4 Å². The number of amides is 1. The van der Waals surface area contributed by atoms with Gasteiger partial charge in [-0.15, -0.1) is 0 Å². The molecular weight excluding hydrogens is 278 g/mol. The fourth-order valence-corrected chi connectivity index (χ4v) is 1.88. The quantitative estimate of drug-likeness (QED) is 0.726. The van der Waals surface area contributed by atoms with Crippen LogP contribution in [0.15, 0.2) is 18.2 Å². The van der Waals surface area contributed by atoms with E-state index in [2.05, 4.69) is 5.32 Å². The fraction of sp³-hybridized carbons (Fsp3) is 0.500. The van der Waals surface area contributed by atoms with Gasteiger partial charge in [-0.1, -0.05) is 11.6 Å². The van der Waals surface area contributed by atoms with Crippen LogP contribution in [-0.4, -0.2) is 41.1 Å². The van der Waals surface area contributed by atoms with Gasteiger partial charge in [-0.25, -0.2) is 0 Å². The molecule has 1 aromatic carbocycles. The zero-order valence-electron chi connectivity index (χ0n) is 12.3. The number of hydrogen-bond donors (Lipinski definition) is 3. The Balaban J connectivity index is 2.80. The second-order valence-electron chi connectivity index (χ2n) is 5.48. The maximum atomic E-state index is 12.2. The number of likely N-dealkylation sites (N-methyl/N-ethyl adjacent to an activating group) is 1. The molecule has 20 heavy (non-hydrogen) atoms. The molecule has 0 saturated carbocycles. The van der Waals surface area contributed by atoms with Gasteiger partial charge in [-0.3, -0.25) is 9.69 Å². The van der Waals surface area contributed by atoms with Crippen LogP contribution >= 0.6 is 11.6 Å². The lowest BCUT2D eigenvalue weighted by atomic mass is 10.0. The van der Waals surface area contributed by atoms with Crippen LogP contribution in [-0.2, 0) is 4.79 Å². The van der Waals surface area contributed by atoms with Crippen molar-refractivity contribution in [2.24, 2.45) is 0 Å². The van der Waals surface area contributed by atoms with Crippen molar-refractivity contribution in [3.05, 3.63) is 23.2 Å². The molecule has 1 aromatic rings. The Labute approximate surface area is 124 Å². The largest absolute Gasteiger partial charge is 0.397 e. The van der Waals surface area contributed by atoms with E-state index in [1.165, 1.54) is 0 Å². The predicted molar refractivity (Wildman–Crippen MR) is 82.9 cm³/mol. The topological polar surface area (TPSA) is 78.6 Å². The van der Waals surface area contributed by atoms with E-state index in [0.29, 0.717) is 16.4 Å². The summed E-state index contributed by atoms with van der Waals surface area (Å²) in [5.41, 5.74) is 6.27. The van der Waals surface area contributed by atoms with E-state index in [-0.39, 0.29) is 12.5 Å². The van der Waals surface area contributed by atoms with Crippen LogP contribution in [0.2, 0.25) is 5.02 Å². The fourth-order valence-electron chi connectivity index (χ4n) is 1.70. The monoisotopic (exact) mass is 299 g/mol. The third-order valence-corrected chi connectivity index (χ3v) is 3.81. The highest BCUT2D eigenvalue weighted by molar-refractivity contribution is 6.31. The first-order valence-electron chi connectivity index (χ1n) is 6.38. The number of rotatable bonds is 5. The minimum absolute atomic E-state index is 0.0375. The number of nitrogens with zero attached hydrogens (tertiary/aromatic N) is 1. The molecule has 0 spiro atoms. The summed E-state index contributed by atoms with van der Waals surface area (Å²) < 4.78 is 0. The molecule has 0 heterocycles. The van der Waals surface area contributed by atoms with Gasteiger partial charge in [0.25, 0.3) is 0 Å². The van der Waals surface area contributed by atoms with Crippen LogP contribution in [0.1, 0.15) is 20.8 Å². The molecule has 0 bridgehead atoms. The maximum absolute atomic E-state index is 12.2. The molecule has 0 aromatic heterocycles. The number of halogens is 1. The highest BCUT2D eigenvalue weighted by atomic mass is 35.5. The normalized spacial score (nSPS) is 13.3. The minimum Gasteiger partial charge on any atom is -0.397 e. The lowest BCUT2D eigenvalue weighted by Crippen LogP contribution is -2.52. The Kier molecular flexibility index (Phi) is 5.39. The van der Waals surface area contributed by atoms with Crippen LogP contribution in [0, 0.1) is 0 Å². The van der Waals surface area contributed by atoms with Gasteiger partial charge in [0.1, 0.15) is 0 Å². The van der Waals surface area contributed by atoms with E-state index in [1.807, 2.05) is 18.7 Å². The van der Waals surface area contributed by atoms with Crippen molar-refractivity contribution in [2.75, 3.05) is 24.7 Å². The van der Waals surface area contributed by atoms with E-state index in [9.17, 15) is 9.90 Å². The van der Waals surface area contributed by atoms with Crippen LogP contribution in [0.3, 0.4) is 0 Å². The first-order chi connectivity index (χ1) is 9.19. The number of nitrogens with two attached hydrogens (primary N) is 1. The summed E-state index contributed by atoms with van der Waals surface area (Å²) in [7, 11) is 1.80. The standard InChI is InChI=1S/C14H22ClN3O2/c1-9(18(4)14(2,3)8-19)13(20)17-12-6-5-10(15)7-11(12)16/h5-7,9,19H,8,16H2,1-4H3,(H,17,20). The van der Waals surface area contributed by atoms with E-state index in [4.69, 9.17) is 17.3 Å². The van der Waals surface area contributed by atoms with Crippen LogP contribution in [0.5, 0.6) is 0 Å². The molecule has 0 aliphatic heterocycles. The zero-order chi connectivity index (χ0) is 15.5. The molecule has 4 N–H and O–H groups in total. The number of carbonyl (C=O) groups excluding carboxylic acids is 1. The first kappa shape index (κ1) is 16.8. The molecule has 1 amide bonds. The summed E-state index contributed by atoms with van der Waals surface area (Å²) in [5, 5.41) is 12.6. The molecule has 0 radical (unpaired) electrons. The molecule has 1 atom stereocenters. The van der Waals surface area contributed by atoms with Gasteiger partial charge in [-0.05, 0) is 46.0 Å². The number of anilines is 2. The van der Waals surface area contributed by atoms with Crippen molar-refractivity contribution in [1.82, 2.24) is 4.90 Å². The zero-order valence-corrected chi connectivity index (χ0v) is 13.0. The molecule has 0 fully saturated rings. The van der Waals surface area contributed by atoms with Crippen molar-refractivity contribution in [2.45, 2.75) is 32.4 Å². The predicted octanol–water partition coefficient (Wildman–Crippen LogP) is 1.95. The number of nitrogen functional groups attached to an aromatic ring is 1. The molecule has 112 valence electrons. The Morgan fingerprint density at radius 2 is 2.15 bits per heavy atom. The SMILES string of the molecule is CC(C(=O)Nc1ccc(Cl)cc1N)N(C)C(C)(C)CO. The minimum atomic E-state index is -0.484. The van der Waals surface area contributed by atoms with Crippen LogP contribution in [0.25, 0.3) is 0 Å². The Morgan fingerprint density at radius 3 is 2.65 bits per heavy atom. The van der Waals surface area contributed by atoms with Gasteiger partial charge in [0.15, 0.2) is 0 Å². The number of benzene rings is 1. The third kappa shape index (κ3) is 3.85. The molecule has 1 unspecified atom stereocenters. The van der Waals surface area contributed by atoms with Gasteiger partial charge in [0.05, 0.1) is 24.0 Å². The number of aliphatic hydroxyl groups excluding tert-OH is 1. The van der Waals surface area contributed by atoms with E-state index < -0.39 is 11.6 Å². The highest BCUT2D eigenvalue weighted by Gasteiger charge is 2.30. The summed E-state index contributed by atoms with van der Waals surface area (Å²) in [4.78, 5) is 14.0. The molecule has 0 saturated heterocycles. The number of aliphatic hydroxyl groups is 1. The lowest BCUT2D eigenvalue weighted by Gasteiger charge is -2.37.